The quantitative estimate of drug-likeness (QED) is 0.720. The van der Waals surface area contributed by atoms with Crippen molar-refractivity contribution in [2.45, 2.75) is 38.0 Å². The Kier molecular flexibility index (Phi) is 6.67. The summed E-state index contributed by atoms with van der Waals surface area (Å²) >= 11 is 0. The number of hydrogen-bond acceptors (Lipinski definition) is 3. The van der Waals surface area contributed by atoms with Crippen molar-refractivity contribution >= 4 is 15.9 Å². The Labute approximate surface area is 120 Å². The smallest absolute Gasteiger partial charge is 0.251 e. The fourth-order valence-electron chi connectivity index (χ4n) is 1.61. The first-order chi connectivity index (χ1) is 9.51. The van der Waals surface area contributed by atoms with Gasteiger partial charge in [-0.3, -0.25) is 4.79 Å². The normalized spacial score (nSPS) is 11.3. The van der Waals surface area contributed by atoms with Crippen LogP contribution in [0.1, 0.15) is 43.5 Å². The van der Waals surface area contributed by atoms with Crippen LogP contribution in [0.4, 0.5) is 0 Å². The van der Waals surface area contributed by atoms with Crippen molar-refractivity contribution in [3.05, 3.63) is 29.8 Å². The number of amides is 1. The van der Waals surface area contributed by atoms with Crippen LogP contribution in [-0.2, 0) is 10.0 Å². The lowest BCUT2D eigenvalue weighted by molar-refractivity contribution is 0.0953. The minimum atomic E-state index is -3.54. The Morgan fingerprint density at radius 3 is 2.55 bits per heavy atom. The van der Waals surface area contributed by atoms with Crippen molar-refractivity contribution in [3.63, 3.8) is 0 Å². The highest BCUT2D eigenvalue weighted by Gasteiger charge is 2.15. The van der Waals surface area contributed by atoms with Crippen molar-refractivity contribution in [2.75, 3.05) is 13.1 Å². The van der Waals surface area contributed by atoms with E-state index in [1.165, 1.54) is 12.1 Å². The van der Waals surface area contributed by atoms with Crippen molar-refractivity contribution in [1.82, 2.24) is 10.0 Å². The van der Waals surface area contributed by atoms with Crippen molar-refractivity contribution in [2.24, 2.45) is 0 Å². The lowest BCUT2D eigenvalue weighted by atomic mass is 10.2. The summed E-state index contributed by atoms with van der Waals surface area (Å²) in [7, 11) is -3.54. The number of hydrogen-bond donors (Lipinski definition) is 2. The van der Waals surface area contributed by atoms with E-state index in [4.69, 9.17) is 0 Å². The molecule has 0 radical (unpaired) electrons. The predicted molar refractivity (Wildman–Crippen MR) is 79.2 cm³/mol. The molecule has 1 amide bonds. The molecule has 0 aromatic heterocycles. The second kappa shape index (κ2) is 8.01. The van der Waals surface area contributed by atoms with Crippen LogP contribution in [0.15, 0.2) is 29.2 Å². The molecule has 1 rings (SSSR count). The van der Waals surface area contributed by atoms with Gasteiger partial charge in [-0.1, -0.05) is 26.3 Å². The molecule has 0 saturated carbocycles. The number of benzene rings is 1. The highest BCUT2D eigenvalue weighted by Crippen LogP contribution is 2.11. The molecule has 6 heteroatoms. The van der Waals surface area contributed by atoms with Gasteiger partial charge in [-0.05, 0) is 31.0 Å². The maximum Gasteiger partial charge on any atom is 0.251 e. The first-order valence-electron chi connectivity index (χ1n) is 6.89. The molecule has 0 aliphatic carbocycles. The summed E-state index contributed by atoms with van der Waals surface area (Å²) in [6, 6.07) is 6.08. The zero-order valence-corrected chi connectivity index (χ0v) is 12.8. The summed E-state index contributed by atoms with van der Waals surface area (Å²) in [4.78, 5) is 11.9. The van der Waals surface area contributed by atoms with E-state index in [9.17, 15) is 13.2 Å². The van der Waals surface area contributed by atoms with E-state index in [-0.39, 0.29) is 10.8 Å². The van der Waals surface area contributed by atoms with E-state index in [0.717, 1.165) is 19.3 Å². The molecule has 0 unspecified atom stereocenters. The average Bonchev–Trinajstić information content (AvgIpc) is 2.45. The zero-order chi connectivity index (χ0) is 15.0. The highest BCUT2D eigenvalue weighted by molar-refractivity contribution is 7.89. The SMILES string of the molecule is CCCCNS(=O)(=O)c1cccc(C(=O)NCCC)c1. The van der Waals surface area contributed by atoms with E-state index < -0.39 is 10.0 Å². The highest BCUT2D eigenvalue weighted by atomic mass is 32.2. The maximum atomic E-state index is 12.1. The summed E-state index contributed by atoms with van der Waals surface area (Å²) in [5.74, 6) is -0.252. The van der Waals surface area contributed by atoms with Crippen LogP contribution in [0.25, 0.3) is 0 Å². The lowest BCUT2D eigenvalue weighted by Crippen LogP contribution is -2.26. The van der Waals surface area contributed by atoms with Gasteiger partial charge in [0.15, 0.2) is 0 Å². The molecule has 1 aromatic carbocycles. The second-order valence-corrected chi connectivity index (χ2v) is 6.30. The van der Waals surface area contributed by atoms with Gasteiger partial charge in [-0.15, -0.1) is 0 Å². The van der Waals surface area contributed by atoms with Crippen molar-refractivity contribution in [3.8, 4) is 0 Å². The van der Waals surface area contributed by atoms with Gasteiger partial charge in [0, 0.05) is 18.7 Å². The van der Waals surface area contributed by atoms with Gasteiger partial charge >= 0.3 is 0 Å². The number of carbonyl (C=O) groups is 1. The van der Waals surface area contributed by atoms with E-state index in [1.54, 1.807) is 12.1 Å². The van der Waals surface area contributed by atoms with Crippen molar-refractivity contribution in [1.29, 1.82) is 0 Å². The van der Waals surface area contributed by atoms with Crippen LogP contribution in [0.3, 0.4) is 0 Å². The summed E-state index contributed by atoms with van der Waals surface area (Å²) < 4.78 is 26.6. The van der Waals surface area contributed by atoms with Crippen molar-refractivity contribution < 1.29 is 13.2 Å². The Bertz CT molecular complexity index is 541. The largest absolute Gasteiger partial charge is 0.352 e. The average molecular weight is 298 g/mol. The summed E-state index contributed by atoms with van der Waals surface area (Å²) in [5.41, 5.74) is 0.358. The van der Waals surface area contributed by atoms with E-state index in [1.807, 2.05) is 13.8 Å². The Hall–Kier alpha value is -1.40. The Morgan fingerprint density at radius 1 is 1.15 bits per heavy atom. The van der Waals surface area contributed by atoms with Crippen LogP contribution in [-0.4, -0.2) is 27.4 Å². The second-order valence-electron chi connectivity index (χ2n) is 4.54. The maximum absolute atomic E-state index is 12.1. The third kappa shape index (κ3) is 4.94. The lowest BCUT2D eigenvalue weighted by Gasteiger charge is -2.08. The monoisotopic (exact) mass is 298 g/mol. The standard InChI is InChI=1S/C14H22N2O3S/c1-3-5-10-16-20(18,19)13-8-6-7-12(11-13)14(17)15-9-4-2/h6-8,11,16H,3-5,9-10H2,1-2H3,(H,15,17). The number of sulfonamides is 1. The van der Waals surface area contributed by atoms with Crippen LogP contribution in [0, 0.1) is 0 Å². The van der Waals surface area contributed by atoms with E-state index in [2.05, 4.69) is 10.0 Å². The molecule has 20 heavy (non-hydrogen) atoms. The van der Waals surface area contributed by atoms with E-state index in [0.29, 0.717) is 18.7 Å². The van der Waals surface area contributed by atoms with Crippen LogP contribution < -0.4 is 10.0 Å². The number of unbranched alkanes of at least 4 members (excludes halogenated alkanes) is 1. The molecule has 0 spiro atoms. The molecule has 0 aliphatic heterocycles. The molecular weight excluding hydrogens is 276 g/mol. The number of rotatable bonds is 8. The molecule has 0 heterocycles. The van der Waals surface area contributed by atoms with Gasteiger partial charge in [0.05, 0.1) is 4.90 Å². The molecule has 0 bridgehead atoms. The summed E-state index contributed by atoms with van der Waals surface area (Å²) in [6.45, 7) is 4.93. The molecule has 1 aromatic rings. The van der Waals surface area contributed by atoms with Crippen LogP contribution in [0.5, 0.6) is 0 Å². The topological polar surface area (TPSA) is 75.3 Å². The molecule has 112 valence electrons. The fraction of sp³-hybridized carbons (Fsp3) is 0.500. The van der Waals surface area contributed by atoms with Crippen LogP contribution >= 0.6 is 0 Å². The minimum absolute atomic E-state index is 0.123. The van der Waals surface area contributed by atoms with Gasteiger partial charge in [0.1, 0.15) is 0 Å². The van der Waals surface area contributed by atoms with Gasteiger partial charge in [0.25, 0.3) is 5.91 Å². The third-order valence-electron chi connectivity index (χ3n) is 2.76. The van der Waals surface area contributed by atoms with Gasteiger partial charge < -0.3 is 5.32 Å². The molecule has 5 nitrogen and oxygen atoms in total. The van der Waals surface area contributed by atoms with Crippen LogP contribution in [0.2, 0.25) is 0 Å². The van der Waals surface area contributed by atoms with E-state index >= 15 is 0 Å². The molecular formula is C14H22N2O3S. The molecule has 2 N–H and O–H groups in total. The first kappa shape index (κ1) is 16.7. The summed E-state index contributed by atoms with van der Waals surface area (Å²) in [6.07, 6.45) is 2.54. The molecule has 0 saturated heterocycles. The minimum Gasteiger partial charge on any atom is -0.352 e. The predicted octanol–water partition coefficient (Wildman–Crippen LogP) is 1.90. The van der Waals surface area contributed by atoms with Gasteiger partial charge in [-0.2, -0.15) is 0 Å². The Morgan fingerprint density at radius 2 is 1.90 bits per heavy atom. The summed E-state index contributed by atoms with van der Waals surface area (Å²) in [5, 5.41) is 2.73. The molecule has 0 fully saturated rings. The molecule has 0 aliphatic rings. The molecule has 0 atom stereocenters. The third-order valence-corrected chi connectivity index (χ3v) is 4.22. The van der Waals surface area contributed by atoms with Gasteiger partial charge in [-0.25, -0.2) is 13.1 Å². The Balaban J connectivity index is 2.84. The first-order valence-corrected chi connectivity index (χ1v) is 8.37. The number of nitrogens with one attached hydrogen (secondary N) is 2. The van der Waals surface area contributed by atoms with Gasteiger partial charge in [0.2, 0.25) is 10.0 Å². The fourth-order valence-corrected chi connectivity index (χ4v) is 2.73. The number of carbonyl (C=O) groups excluding carboxylic acids is 1. The zero-order valence-electron chi connectivity index (χ0n) is 12.0.